The maximum Gasteiger partial charge on any atom is 0.221 e. The van der Waals surface area contributed by atoms with Crippen LogP contribution in [0, 0.1) is 0 Å². The van der Waals surface area contributed by atoms with Crippen LogP contribution in [0.1, 0.15) is 29.9 Å². The van der Waals surface area contributed by atoms with Crippen molar-refractivity contribution < 1.29 is 14.6 Å². The van der Waals surface area contributed by atoms with E-state index >= 15 is 0 Å². The lowest BCUT2D eigenvalue weighted by molar-refractivity contribution is -0.124. The molecule has 1 heterocycles. The van der Waals surface area contributed by atoms with E-state index in [2.05, 4.69) is 5.32 Å². The Morgan fingerprint density at radius 3 is 2.21 bits per heavy atom. The van der Waals surface area contributed by atoms with Crippen molar-refractivity contribution in [3.05, 3.63) is 71.8 Å². The molecule has 2 aromatic rings. The first kappa shape index (κ1) is 16.7. The maximum absolute atomic E-state index is 12.5. The summed E-state index contributed by atoms with van der Waals surface area (Å²) in [7, 11) is 0. The molecule has 0 saturated carbocycles. The van der Waals surface area contributed by atoms with Gasteiger partial charge in [-0.3, -0.25) is 4.79 Å². The van der Waals surface area contributed by atoms with Crippen molar-refractivity contribution >= 4 is 5.91 Å². The van der Waals surface area contributed by atoms with E-state index in [0.717, 1.165) is 11.1 Å². The second-order valence-corrected chi connectivity index (χ2v) is 6.18. The van der Waals surface area contributed by atoms with Crippen LogP contribution in [0.5, 0.6) is 0 Å². The Morgan fingerprint density at radius 2 is 1.67 bits per heavy atom. The van der Waals surface area contributed by atoms with E-state index in [-0.39, 0.29) is 17.9 Å². The number of hydrogen-bond donors (Lipinski definition) is 2. The third-order valence-corrected chi connectivity index (χ3v) is 4.46. The van der Waals surface area contributed by atoms with Crippen LogP contribution in [0.2, 0.25) is 0 Å². The van der Waals surface area contributed by atoms with E-state index in [1.165, 1.54) is 0 Å². The topological polar surface area (TPSA) is 58.6 Å². The minimum absolute atomic E-state index is 0.00551. The lowest BCUT2D eigenvalue weighted by atomic mass is 9.88. The number of rotatable bonds is 5. The molecule has 3 rings (SSSR count). The predicted molar refractivity (Wildman–Crippen MR) is 92.7 cm³/mol. The summed E-state index contributed by atoms with van der Waals surface area (Å²) in [5, 5.41) is 12.9. The summed E-state index contributed by atoms with van der Waals surface area (Å²) >= 11 is 0. The maximum atomic E-state index is 12.5. The molecule has 0 radical (unpaired) electrons. The average Bonchev–Trinajstić information content (AvgIpc) is 2.63. The number of hydrogen-bond acceptors (Lipinski definition) is 3. The summed E-state index contributed by atoms with van der Waals surface area (Å²) in [6, 6.07) is 19.8. The van der Waals surface area contributed by atoms with E-state index in [1.54, 1.807) is 0 Å². The molecule has 0 bridgehead atoms. The van der Waals surface area contributed by atoms with Crippen molar-refractivity contribution in [2.45, 2.75) is 30.9 Å². The molecule has 2 atom stereocenters. The number of aliphatic hydroxyl groups is 1. The van der Waals surface area contributed by atoms with Gasteiger partial charge in [0.2, 0.25) is 5.91 Å². The van der Waals surface area contributed by atoms with E-state index in [1.807, 2.05) is 60.7 Å². The van der Waals surface area contributed by atoms with Gasteiger partial charge in [-0.05, 0) is 17.5 Å². The van der Waals surface area contributed by atoms with Crippen LogP contribution in [0.15, 0.2) is 60.7 Å². The largest absolute Gasteiger partial charge is 0.391 e. The van der Waals surface area contributed by atoms with Gasteiger partial charge in [-0.2, -0.15) is 0 Å². The van der Waals surface area contributed by atoms with Gasteiger partial charge in [0.1, 0.15) is 0 Å². The van der Waals surface area contributed by atoms with Crippen LogP contribution in [-0.4, -0.2) is 36.4 Å². The Kier molecular flexibility index (Phi) is 5.62. The van der Waals surface area contributed by atoms with Crippen molar-refractivity contribution in [3.63, 3.8) is 0 Å². The molecule has 24 heavy (non-hydrogen) atoms. The van der Waals surface area contributed by atoms with Gasteiger partial charge in [0.15, 0.2) is 0 Å². The van der Waals surface area contributed by atoms with Crippen molar-refractivity contribution in [1.82, 2.24) is 5.32 Å². The first-order chi connectivity index (χ1) is 11.7. The SMILES string of the molecule is O=C(CC(c1ccccc1)c1ccccc1)NC1COCCC1O. The molecule has 2 unspecified atom stereocenters. The van der Waals surface area contributed by atoms with Gasteiger partial charge in [-0.25, -0.2) is 0 Å². The third kappa shape index (κ3) is 4.22. The molecule has 2 N–H and O–H groups in total. The molecule has 4 nitrogen and oxygen atoms in total. The van der Waals surface area contributed by atoms with Gasteiger partial charge < -0.3 is 15.2 Å². The summed E-state index contributed by atoms with van der Waals surface area (Å²) < 4.78 is 5.35. The number of nitrogens with one attached hydrogen (secondary N) is 1. The van der Waals surface area contributed by atoms with Gasteiger partial charge in [0, 0.05) is 18.9 Å². The monoisotopic (exact) mass is 325 g/mol. The fourth-order valence-electron chi connectivity index (χ4n) is 3.11. The minimum Gasteiger partial charge on any atom is -0.391 e. The molecule has 4 heteroatoms. The van der Waals surface area contributed by atoms with Gasteiger partial charge >= 0.3 is 0 Å². The number of carbonyl (C=O) groups is 1. The van der Waals surface area contributed by atoms with Crippen LogP contribution in [0.25, 0.3) is 0 Å². The molecule has 2 aromatic carbocycles. The number of carbonyl (C=O) groups excluding carboxylic acids is 1. The smallest absolute Gasteiger partial charge is 0.221 e. The molecule has 0 aromatic heterocycles. The summed E-state index contributed by atoms with van der Waals surface area (Å²) in [5.41, 5.74) is 2.22. The van der Waals surface area contributed by atoms with E-state index in [9.17, 15) is 9.90 Å². The summed E-state index contributed by atoms with van der Waals surface area (Å²) in [5.74, 6) is -0.0729. The minimum atomic E-state index is -0.533. The second-order valence-electron chi connectivity index (χ2n) is 6.18. The Morgan fingerprint density at radius 1 is 1.08 bits per heavy atom. The average molecular weight is 325 g/mol. The van der Waals surface area contributed by atoms with Crippen LogP contribution in [0.3, 0.4) is 0 Å². The van der Waals surface area contributed by atoms with Gasteiger partial charge in [0.25, 0.3) is 0 Å². The molecular weight excluding hydrogens is 302 g/mol. The molecule has 1 aliphatic heterocycles. The zero-order valence-corrected chi connectivity index (χ0v) is 13.6. The Hall–Kier alpha value is -2.17. The van der Waals surface area contributed by atoms with Crippen LogP contribution in [0.4, 0.5) is 0 Å². The molecule has 1 aliphatic rings. The Bertz CT molecular complexity index is 605. The lowest BCUT2D eigenvalue weighted by Crippen LogP contribution is -2.49. The van der Waals surface area contributed by atoms with E-state index in [4.69, 9.17) is 4.74 Å². The number of benzene rings is 2. The van der Waals surface area contributed by atoms with Crippen molar-refractivity contribution in [3.8, 4) is 0 Å². The van der Waals surface area contributed by atoms with Crippen molar-refractivity contribution in [2.24, 2.45) is 0 Å². The second kappa shape index (κ2) is 8.08. The number of ether oxygens (including phenoxy) is 1. The highest BCUT2D eigenvalue weighted by atomic mass is 16.5. The van der Waals surface area contributed by atoms with Crippen LogP contribution >= 0.6 is 0 Å². The third-order valence-electron chi connectivity index (χ3n) is 4.46. The molecule has 126 valence electrons. The normalized spacial score (nSPS) is 20.8. The highest BCUT2D eigenvalue weighted by Crippen LogP contribution is 2.27. The standard InChI is InChI=1S/C20H23NO3/c22-19-11-12-24-14-18(19)21-20(23)13-17(15-7-3-1-4-8-15)16-9-5-2-6-10-16/h1-10,17-19,22H,11-14H2,(H,21,23). The zero-order valence-electron chi connectivity index (χ0n) is 13.6. The van der Waals surface area contributed by atoms with Gasteiger partial charge in [0.05, 0.1) is 18.8 Å². The quantitative estimate of drug-likeness (QED) is 0.888. The molecule has 1 amide bonds. The molecular formula is C20H23NO3. The fourth-order valence-corrected chi connectivity index (χ4v) is 3.11. The Labute approximate surface area is 142 Å². The summed E-state index contributed by atoms with van der Waals surface area (Å²) in [6.07, 6.45) is 0.373. The highest BCUT2D eigenvalue weighted by Gasteiger charge is 2.26. The molecule has 0 aliphatic carbocycles. The summed E-state index contributed by atoms with van der Waals surface area (Å²) in [4.78, 5) is 12.5. The summed E-state index contributed by atoms with van der Waals surface area (Å²) in [6.45, 7) is 0.915. The van der Waals surface area contributed by atoms with Crippen LogP contribution in [-0.2, 0) is 9.53 Å². The van der Waals surface area contributed by atoms with Crippen LogP contribution < -0.4 is 5.32 Å². The number of amides is 1. The van der Waals surface area contributed by atoms with E-state index in [0.29, 0.717) is 26.1 Å². The fraction of sp³-hybridized carbons (Fsp3) is 0.350. The lowest BCUT2D eigenvalue weighted by Gasteiger charge is -2.29. The highest BCUT2D eigenvalue weighted by molar-refractivity contribution is 5.78. The molecule has 1 saturated heterocycles. The molecule has 0 spiro atoms. The van der Waals surface area contributed by atoms with Crippen molar-refractivity contribution in [2.75, 3.05) is 13.2 Å². The van der Waals surface area contributed by atoms with E-state index < -0.39 is 6.10 Å². The first-order valence-corrected chi connectivity index (χ1v) is 8.39. The van der Waals surface area contributed by atoms with Crippen molar-refractivity contribution in [1.29, 1.82) is 0 Å². The van der Waals surface area contributed by atoms with Gasteiger partial charge in [-0.1, -0.05) is 60.7 Å². The van der Waals surface area contributed by atoms with Gasteiger partial charge in [-0.15, -0.1) is 0 Å². The first-order valence-electron chi connectivity index (χ1n) is 8.39. The Balaban J connectivity index is 1.73. The number of aliphatic hydroxyl groups excluding tert-OH is 1. The zero-order chi connectivity index (χ0) is 16.8. The molecule has 1 fully saturated rings. The predicted octanol–water partition coefficient (Wildman–Crippen LogP) is 2.47.